The number of piperidine rings is 1. The normalized spacial score (nSPS) is 16.1. The third kappa shape index (κ3) is 4.09. The van der Waals surface area contributed by atoms with E-state index in [1.165, 1.54) is 18.2 Å². The molecule has 1 fully saturated rings. The number of benzene rings is 1. The molecule has 0 aliphatic carbocycles. The summed E-state index contributed by atoms with van der Waals surface area (Å²) < 4.78 is 5.70. The molecular formula is C15H22N2O4. The molecule has 6 nitrogen and oxygen atoms in total. The molecule has 0 atom stereocenters. The van der Waals surface area contributed by atoms with Gasteiger partial charge in [0.1, 0.15) is 11.5 Å². The van der Waals surface area contributed by atoms with E-state index in [0.717, 1.165) is 19.3 Å². The van der Waals surface area contributed by atoms with Crippen LogP contribution in [0.5, 0.6) is 11.5 Å². The molecule has 116 valence electrons. The van der Waals surface area contributed by atoms with Gasteiger partial charge in [-0.15, -0.1) is 0 Å². The maximum absolute atomic E-state index is 12.3. The second-order valence-corrected chi connectivity index (χ2v) is 5.21. The molecule has 1 aliphatic rings. The van der Waals surface area contributed by atoms with Gasteiger partial charge in [-0.1, -0.05) is 0 Å². The maximum atomic E-state index is 12.3. The summed E-state index contributed by atoms with van der Waals surface area (Å²) in [4.78, 5) is 14.0. The zero-order chi connectivity index (χ0) is 15.2. The van der Waals surface area contributed by atoms with Crippen LogP contribution in [0.3, 0.4) is 0 Å². The predicted octanol–water partition coefficient (Wildman–Crippen LogP) is 1.07. The van der Waals surface area contributed by atoms with E-state index in [0.29, 0.717) is 26.2 Å². The Morgan fingerprint density at radius 1 is 1.33 bits per heavy atom. The fourth-order valence-electron chi connectivity index (χ4n) is 2.43. The Labute approximate surface area is 124 Å². The number of aromatic hydroxyl groups is 2. The Kier molecular flexibility index (Phi) is 5.41. The highest BCUT2D eigenvalue weighted by Gasteiger charge is 2.25. The molecule has 0 saturated carbocycles. The van der Waals surface area contributed by atoms with Crippen molar-refractivity contribution in [1.82, 2.24) is 4.90 Å². The molecule has 1 amide bonds. The highest BCUT2D eigenvalue weighted by atomic mass is 16.5. The van der Waals surface area contributed by atoms with Crippen LogP contribution in [0.4, 0.5) is 0 Å². The van der Waals surface area contributed by atoms with Crippen molar-refractivity contribution in [3.63, 3.8) is 0 Å². The maximum Gasteiger partial charge on any atom is 0.257 e. The van der Waals surface area contributed by atoms with Crippen molar-refractivity contribution in [2.45, 2.75) is 25.4 Å². The lowest BCUT2D eigenvalue weighted by molar-refractivity contribution is 0.00839. The number of amides is 1. The molecule has 21 heavy (non-hydrogen) atoms. The van der Waals surface area contributed by atoms with Crippen LogP contribution in [0.2, 0.25) is 0 Å². The lowest BCUT2D eigenvalue weighted by Gasteiger charge is -2.32. The van der Waals surface area contributed by atoms with Gasteiger partial charge >= 0.3 is 0 Å². The van der Waals surface area contributed by atoms with Crippen LogP contribution in [-0.2, 0) is 4.74 Å². The molecule has 0 unspecified atom stereocenters. The minimum Gasteiger partial charge on any atom is -0.508 e. The van der Waals surface area contributed by atoms with Gasteiger partial charge in [0.15, 0.2) is 0 Å². The minimum absolute atomic E-state index is 0.0592. The summed E-state index contributed by atoms with van der Waals surface area (Å²) in [6.07, 6.45) is 2.60. The molecule has 1 aromatic rings. The van der Waals surface area contributed by atoms with Crippen molar-refractivity contribution >= 4 is 5.91 Å². The Balaban J connectivity index is 1.88. The number of carbonyl (C=O) groups excluding carboxylic acids is 1. The Hall–Kier alpha value is -1.79. The van der Waals surface area contributed by atoms with Crippen LogP contribution >= 0.6 is 0 Å². The van der Waals surface area contributed by atoms with Gasteiger partial charge in [-0.05, 0) is 37.9 Å². The number of nitrogens with two attached hydrogens (primary N) is 1. The van der Waals surface area contributed by atoms with Crippen LogP contribution < -0.4 is 5.73 Å². The standard InChI is InChI=1S/C15H22N2O4/c16-6-1-9-21-12-4-7-17(8-5-12)15(20)13-3-2-11(18)10-14(13)19/h2-3,10,12,18-19H,1,4-9,16H2. The summed E-state index contributed by atoms with van der Waals surface area (Å²) in [6, 6.07) is 4.02. The number of phenolic OH excluding ortho intramolecular Hbond substituents is 2. The molecule has 0 spiro atoms. The van der Waals surface area contributed by atoms with Gasteiger partial charge in [0.25, 0.3) is 5.91 Å². The van der Waals surface area contributed by atoms with Crippen molar-refractivity contribution in [2.24, 2.45) is 5.73 Å². The largest absolute Gasteiger partial charge is 0.508 e. The first-order valence-corrected chi connectivity index (χ1v) is 7.24. The van der Waals surface area contributed by atoms with Crippen molar-refractivity contribution in [1.29, 1.82) is 0 Å². The first kappa shape index (κ1) is 15.6. The number of phenols is 2. The SMILES string of the molecule is NCCCOC1CCN(C(=O)c2ccc(O)cc2O)CC1. The first-order valence-electron chi connectivity index (χ1n) is 7.24. The van der Waals surface area contributed by atoms with Gasteiger partial charge in [0.05, 0.1) is 11.7 Å². The highest BCUT2D eigenvalue weighted by molar-refractivity contribution is 5.97. The molecule has 1 aromatic carbocycles. The summed E-state index contributed by atoms with van der Waals surface area (Å²) >= 11 is 0. The second kappa shape index (κ2) is 7.28. The fourth-order valence-corrected chi connectivity index (χ4v) is 2.43. The van der Waals surface area contributed by atoms with E-state index in [1.54, 1.807) is 4.90 Å². The number of carbonyl (C=O) groups is 1. The number of likely N-dealkylation sites (tertiary alicyclic amines) is 1. The van der Waals surface area contributed by atoms with Crippen LogP contribution in [0.25, 0.3) is 0 Å². The summed E-state index contributed by atoms with van der Waals surface area (Å²) in [5.74, 6) is -0.467. The molecular weight excluding hydrogens is 272 g/mol. The number of hydrogen-bond donors (Lipinski definition) is 3. The topological polar surface area (TPSA) is 96.0 Å². The van der Waals surface area contributed by atoms with E-state index in [1.807, 2.05) is 0 Å². The predicted molar refractivity (Wildman–Crippen MR) is 78.3 cm³/mol. The van der Waals surface area contributed by atoms with Crippen LogP contribution in [0, 0.1) is 0 Å². The summed E-state index contributed by atoms with van der Waals surface area (Å²) in [5, 5.41) is 19.0. The molecule has 0 bridgehead atoms. The third-order valence-corrected chi connectivity index (χ3v) is 3.64. The van der Waals surface area contributed by atoms with Crippen molar-refractivity contribution in [2.75, 3.05) is 26.2 Å². The molecule has 1 heterocycles. The van der Waals surface area contributed by atoms with Crippen molar-refractivity contribution in [3.05, 3.63) is 23.8 Å². The van der Waals surface area contributed by atoms with E-state index in [2.05, 4.69) is 0 Å². The van der Waals surface area contributed by atoms with Gasteiger partial charge in [-0.3, -0.25) is 4.79 Å². The van der Waals surface area contributed by atoms with Gasteiger partial charge in [0, 0.05) is 25.8 Å². The van der Waals surface area contributed by atoms with Gasteiger partial charge in [-0.2, -0.15) is 0 Å². The lowest BCUT2D eigenvalue weighted by atomic mass is 10.1. The number of nitrogens with zero attached hydrogens (tertiary/aromatic N) is 1. The summed E-state index contributed by atoms with van der Waals surface area (Å²) in [7, 11) is 0. The van der Waals surface area contributed by atoms with Crippen LogP contribution in [0.15, 0.2) is 18.2 Å². The van der Waals surface area contributed by atoms with Gasteiger partial charge in [0.2, 0.25) is 0 Å². The Bertz CT molecular complexity index is 485. The van der Waals surface area contributed by atoms with E-state index >= 15 is 0 Å². The monoisotopic (exact) mass is 294 g/mol. The molecule has 1 aliphatic heterocycles. The average Bonchev–Trinajstić information content (AvgIpc) is 2.48. The zero-order valence-electron chi connectivity index (χ0n) is 12.0. The van der Waals surface area contributed by atoms with Gasteiger partial charge in [-0.25, -0.2) is 0 Å². The number of rotatable bonds is 5. The van der Waals surface area contributed by atoms with Crippen LogP contribution in [0.1, 0.15) is 29.6 Å². The lowest BCUT2D eigenvalue weighted by Crippen LogP contribution is -2.41. The van der Waals surface area contributed by atoms with E-state index < -0.39 is 0 Å². The molecule has 0 radical (unpaired) electrons. The molecule has 4 N–H and O–H groups in total. The molecule has 0 aromatic heterocycles. The fraction of sp³-hybridized carbons (Fsp3) is 0.533. The summed E-state index contributed by atoms with van der Waals surface area (Å²) in [6.45, 7) is 2.49. The van der Waals surface area contributed by atoms with E-state index in [4.69, 9.17) is 10.5 Å². The van der Waals surface area contributed by atoms with Crippen molar-refractivity contribution in [3.8, 4) is 11.5 Å². The Morgan fingerprint density at radius 2 is 2.05 bits per heavy atom. The molecule has 1 saturated heterocycles. The average molecular weight is 294 g/mol. The second-order valence-electron chi connectivity index (χ2n) is 5.21. The minimum atomic E-state index is -0.215. The smallest absolute Gasteiger partial charge is 0.257 e. The number of hydrogen-bond acceptors (Lipinski definition) is 5. The van der Waals surface area contributed by atoms with E-state index in [-0.39, 0.29) is 29.1 Å². The zero-order valence-corrected chi connectivity index (χ0v) is 12.0. The van der Waals surface area contributed by atoms with Gasteiger partial charge < -0.3 is 25.6 Å². The highest BCUT2D eigenvalue weighted by Crippen LogP contribution is 2.25. The molecule has 6 heteroatoms. The summed E-state index contributed by atoms with van der Waals surface area (Å²) in [5.41, 5.74) is 5.64. The van der Waals surface area contributed by atoms with Crippen molar-refractivity contribution < 1.29 is 19.7 Å². The third-order valence-electron chi connectivity index (χ3n) is 3.64. The quantitative estimate of drug-likeness (QED) is 0.706. The van der Waals surface area contributed by atoms with Crippen LogP contribution in [-0.4, -0.2) is 53.4 Å². The first-order chi connectivity index (χ1) is 10.1. The Morgan fingerprint density at radius 3 is 2.67 bits per heavy atom. The van der Waals surface area contributed by atoms with E-state index in [9.17, 15) is 15.0 Å². The number of ether oxygens (including phenoxy) is 1. The molecule has 2 rings (SSSR count).